The molecular weight excluding hydrogens is 464 g/mol. The number of nitrogens with one attached hydrogen (secondary N) is 1. The van der Waals surface area contributed by atoms with Crippen LogP contribution in [-0.2, 0) is 21.6 Å². The number of halogens is 2. The molecule has 0 spiro atoms. The van der Waals surface area contributed by atoms with Crippen molar-refractivity contribution in [2.45, 2.75) is 43.5 Å². The van der Waals surface area contributed by atoms with Gasteiger partial charge < -0.3 is 10.1 Å². The van der Waals surface area contributed by atoms with Crippen LogP contribution < -0.4 is 10.9 Å². The smallest absolute Gasteiger partial charge is 0.261 e. The maximum atomic E-state index is 14.4. The molecule has 7 nitrogen and oxygen atoms in total. The summed E-state index contributed by atoms with van der Waals surface area (Å²) >= 11 is 0. The maximum absolute atomic E-state index is 14.4. The lowest BCUT2D eigenvalue weighted by Crippen LogP contribution is -2.27. The first-order valence-electron chi connectivity index (χ1n) is 11.0. The summed E-state index contributed by atoms with van der Waals surface area (Å²) in [4.78, 5) is 17.4. The Labute approximate surface area is 196 Å². The highest BCUT2D eigenvalue weighted by atomic mass is 32.2. The first kappa shape index (κ1) is 24.3. The quantitative estimate of drug-likeness (QED) is 0.581. The normalized spacial score (nSPS) is 16.1. The van der Waals surface area contributed by atoms with Gasteiger partial charge >= 0.3 is 0 Å². The van der Waals surface area contributed by atoms with Crippen molar-refractivity contribution in [3.05, 3.63) is 63.2 Å². The van der Waals surface area contributed by atoms with Crippen LogP contribution in [0.3, 0.4) is 0 Å². The average Bonchev–Trinajstić information content (AvgIpc) is 2.78. The number of benzene rings is 2. The van der Waals surface area contributed by atoms with Crippen molar-refractivity contribution in [2.75, 3.05) is 24.8 Å². The number of rotatable bonds is 5. The fraction of sp³-hybridized carbons (Fsp3) is 0.417. The number of nitrogens with zero attached hydrogens (tertiary/aromatic N) is 2. The van der Waals surface area contributed by atoms with E-state index in [1.165, 1.54) is 6.07 Å². The number of anilines is 1. The minimum Gasteiger partial charge on any atom is -0.381 e. The molecule has 0 bridgehead atoms. The zero-order chi connectivity index (χ0) is 24.8. The van der Waals surface area contributed by atoms with Crippen molar-refractivity contribution in [3.63, 3.8) is 0 Å². The Kier molecular flexibility index (Phi) is 6.48. The SMILES string of the molecule is Cc1cc([C@H](C)Nc2ccc(F)c(F)c2S(C)(=O)=O)c2nc(C3CCOCC3)n(C)c(=O)c2c1. The van der Waals surface area contributed by atoms with Crippen LogP contribution in [-0.4, -0.2) is 37.4 Å². The summed E-state index contributed by atoms with van der Waals surface area (Å²) in [6.45, 7) is 4.80. The van der Waals surface area contributed by atoms with Crippen molar-refractivity contribution >= 4 is 26.4 Å². The standard InChI is InChI=1S/C24H27F2N3O4S/c1-13-11-16(14(2)27-19-6-5-18(25)20(26)22(19)34(4,31)32)21-17(12-13)24(30)29(3)23(28-21)15-7-9-33-10-8-15/h5-6,11-12,14-15,27H,7-10H2,1-4H3/t14-/m0/s1. The van der Waals surface area contributed by atoms with E-state index in [-0.39, 0.29) is 17.2 Å². The van der Waals surface area contributed by atoms with E-state index < -0.39 is 32.4 Å². The van der Waals surface area contributed by atoms with Crippen molar-refractivity contribution < 1.29 is 21.9 Å². The van der Waals surface area contributed by atoms with Crippen LogP contribution in [0.25, 0.3) is 10.9 Å². The van der Waals surface area contributed by atoms with Crippen LogP contribution in [0.2, 0.25) is 0 Å². The number of aryl methyl sites for hydroxylation is 1. The van der Waals surface area contributed by atoms with Gasteiger partial charge in [-0.1, -0.05) is 6.07 Å². The van der Waals surface area contributed by atoms with Gasteiger partial charge in [0.05, 0.1) is 22.6 Å². The van der Waals surface area contributed by atoms with Gasteiger partial charge in [0, 0.05) is 38.0 Å². The van der Waals surface area contributed by atoms with E-state index in [1.54, 1.807) is 24.6 Å². The molecule has 0 radical (unpaired) electrons. The zero-order valence-corrected chi connectivity index (χ0v) is 20.3. The first-order valence-corrected chi connectivity index (χ1v) is 12.9. The van der Waals surface area contributed by atoms with Crippen molar-refractivity contribution in [1.82, 2.24) is 9.55 Å². The average molecular weight is 492 g/mol. The molecule has 1 atom stereocenters. The second-order valence-electron chi connectivity index (χ2n) is 8.85. The van der Waals surface area contributed by atoms with Gasteiger partial charge in [-0.25, -0.2) is 22.2 Å². The molecule has 34 heavy (non-hydrogen) atoms. The van der Waals surface area contributed by atoms with Crippen LogP contribution in [0, 0.1) is 18.6 Å². The summed E-state index contributed by atoms with van der Waals surface area (Å²) in [5.74, 6) is -1.92. The topological polar surface area (TPSA) is 90.3 Å². The predicted octanol–water partition coefficient (Wildman–Crippen LogP) is 3.99. The van der Waals surface area contributed by atoms with Crippen molar-refractivity contribution in [3.8, 4) is 0 Å². The Morgan fingerprint density at radius 1 is 1.21 bits per heavy atom. The minimum atomic E-state index is -4.06. The van der Waals surface area contributed by atoms with Crippen LogP contribution >= 0.6 is 0 Å². The summed E-state index contributed by atoms with van der Waals surface area (Å²) < 4.78 is 59.6. The zero-order valence-electron chi connectivity index (χ0n) is 19.5. The highest BCUT2D eigenvalue weighted by Gasteiger charge is 2.26. The second kappa shape index (κ2) is 9.07. The van der Waals surface area contributed by atoms with Gasteiger partial charge in [-0.3, -0.25) is 9.36 Å². The molecule has 0 unspecified atom stereocenters. The number of hydrogen-bond acceptors (Lipinski definition) is 6. The Hall–Kier alpha value is -2.85. The molecule has 0 saturated carbocycles. The fourth-order valence-corrected chi connectivity index (χ4v) is 5.49. The third-order valence-corrected chi connectivity index (χ3v) is 7.38. The molecular formula is C24H27F2N3O4S. The monoisotopic (exact) mass is 491 g/mol. The molecule has 1 N–H and O–H groups in total. The van der Waals surface area contributed by atoms with Crippen LogP contribution in [0.1, 0.15) is 48.7 Å². The number of ether oxygens (including phenoxy) is 1. The number of hydrogen-bond donors (Lipinski definition) is 1. The van der Waals surface area contributed by atoms with Crippen molar-refractivity contribution in [2.24, 2.45) is 7.05 Å². The molecule has 10 heteroatoms. The summed E-state index contributed by atoms with van der Waals surface area (Å²) in [5, 5.41) is 3.44. The fourth-order valence-electron chi connectivity index (χ4n) is 4.54. The number of fused-ring (bicyclic) bond motifs is 1. The molecule has 0 amide bonds. The van der Waals surface area contributed by atoms with E-state index in [9.17, 15) is 22.0 Å². The Balaban J connectivity index is 1.86. The van der Waals surface area contributed by atoms with E-state index in [4.69, 9.17) is 9.72 Å². The van der Waals surface area contributed by atoms with Gasteiger partial charge in [-0.2, -0.15) is 0 Å². The van der Waals surface area contributed by atoms with Gasteiger partial charge in [0.15, 0.2) is 21.5 Å². The summed E-state index contributed by atoms with van der Waals surface area (Å²) in [6, 6.07) is 5.15. The van der Waals surface area contributed by atoms with Gasteiger partial charge in [-0.15, -0.1) is 0 Å². The van der Waals surface area contributed by atoms with Gasteiger partial charge in [0.1, 0.15) is 10.7 Å². The van der Waals surface area contributed by atoms with E-state index >= 15 is 0 Å². The maximum Gasteiger partial charge on any atom is 0.261 e. The summed E-state index contributed by atoms with van der Waals surface area (Å²) in [7, 11) is -2.35. The third kappa shape index (κ3) is 4.44. The van der Waals surface area contributed by atoms with Crippen LogP contribution in [0.4, 0.5) is 14.5 Å². The van der Waals surface area contributed by atoms with Crippen LogP contribution in [0.15, 0.2) is 34.0 Å². The van der Waals surface area contributed by atoms with E-state index in [0.717, 1.165) is 30.7 Å². The molecule has 1 saturated heterocycles. The molecule has 182 valence electrons. The molecule has 1 aromatic heterocycles. The molecule has 1 aliphatic heterocycles. The lowest BCUT2D eigenvalue weighted by atomic mass is 9.97. The Morgan fingerprint density at radius 2 is 1.88 bits per heavy atom. The number of aromatic nitrogens is 2. The van der Waals surface area contributed by atoms with Crippen LogP contribution in [0.5, 0.6) is 0 Å². The van der Waals surface area contributed by atoms with Gasteiger partial charge in [0.25, 0.3) is 5.56 Å². The first-order chi connectivity index (χ1) is 16.0. The largest absolute Gasteiger partial charge is 0.381 e. The predicted molar refractivity (Wildman–Crippen MR) is 126 cm³/mol. The highest BCUT2D eigenvalue weighted by molar-refractivity contribution is 7.90. The molecule has 2 heterocycles. The minimum absolute atomic E-state index is 0.0583. The lowest BCUT2D eigenvalue weighted by molar-refractivity contribution is 0.0828. The third-order valence-electron chi connectivity index (χ3n) is 6.23. The summed E-state index contributed by atoms with van der Waals surface area (Å²) in [6.07, 6.45) is 2.34. The molecule has 4 rings (SSSR count). The van der Waals surface area contributed by atoms with E-state index in [2.05, 4.69) is 5.32 Å². The summed E-state index contributed by atoms with van der Waals surface area (Å²) in [5.41, 5.74) is 1.75. The molecule has 0 aliphatic carbocycles. The van der Waals surface area contributed by atoms with Gasteiger partial charge in [-0.05, 0) is 50.5 Å². The molecule has 3 aromatic rings. The molecule has 2 aromatic carbocycles. The Bertz CT molecular complexity index is 1430. The molecule has 1 aliphatic rings. The van der Waals surface area contributed by atoms with Gasteiger partial charge in [0.2, 0.25) is 0 Å². The van der Waals surface area contributed by atoms with E-state index in [0.29, 0.717) is 35.5 Å². The second-order valence-corrected chi connectivity index (χ2v) is 10.8. The molecule has 1 fully saturated rings. The van der Waals surface area contributed by atoms with Crippen molar-refractivity contribution in [1.29, 1.82) is 0 Å². The Morgan fingerprint density at radius 3 is 2.53 bits per heavy atom. The number of sulfone groups is 1. The van der Waals surface area contributed by atoms with E-state index in [1.807, 2.05) is 13.0 Å². The lowest BCUT2D eigenvalue weighted by Gasteiger charge is -2.25. The highest BCUT2D eigenvalue weighted by Crippen LogP contribution is 2.33.